The molecule has 0 bridgehead atoms. The van der Waals surface area contributed by atoms with E-state index in [0.29, 0.717) is 5.92 Å². The van der Waals surface area contributed by atoms with Gasteiger partial charge in [0.2, 0.25) is 0 Å². The van der Waals surface area contributed by atoms with E-state index in [-0.39, 0.29) is 0 Å². The van der Waals surface area contributed by atoms with E-state index in [2.05, 4.69) is 105 Å². The van der Waals surface area contributed by atoms with Crippen LogP contribution in [0, 0.1) is 6.92 Å². The Kier molecular flexibility index (Phi) is 5.99. The van der Waals surface area contributed by atoms with Crippen molar-refractivity contribution < 1.29 is 4.74 Å². The van der Waals surface area contributed by atoms with Crippen LogP contribution in [0.2, 0.25) is 0 Å². The second kappa shape index (κ2) is 8.85. The molecule has 158 valence electrons. The fourth-order valence-electron chi connectivity index (χ4n) is 4.24. The van der Waals surface area contributed by atoms with Gasteiger partial charge in [-0.3, -0.25) is 0 Å². The first-order valence-electron chi connectivity index (χ1n) is 10.9. The number of aromatic nitrogens is 1. The van der Waals surface area contributed by atoms with Gasteiger partial charge < -0.3 is 9.30 Å². The first-order valence-corrected chi connectivity index (χ1v) is 10.9. The van der Waals surface area contributed by atoms with E-state index in [9.17, 15) is 0 Å². The monoisotopic (exact) mass is 409 g/mol. The number of methoxy groups -OCH3 is 1. The number of nitrogens with zero attached hydrogens (tertiary/aromatic N) is 1. The van der Waals surface area contributed by atoms with Crippen molar-refractivity contribution >= 4 is 0 Å². The van der Waals surface area contributed by atoms with Gasteiger partial charge in [-0.25, -0.2) is 0 Å². The highest BCUT2D eigenvalue weighted by Crippen LogP contribution is 2.38. The molecule has 1 aromatic heterocycles. The molecule has 0 spiro atoms. The van der Waals surface area contributed by atoms with Crippen molar-refractivity contribution in [3.8, 4) is 28.1 Å². The Balaban J connectivity index is 1.85. The van der Waals surface area contributed by atoms with Gasteiger partial charge in [-0.2, -0.15) is 0 Å². The van der Waals surface area contributed by atoms with Crippen LogP contribution in [0.3, 0.4) is 0 Å². The molecule has 2 heteroatoms. The van der Waals surface area contributed by atoms with Crippen LogP contribution in [0.1, 0.15) is 42.0 Å². The standard InChI is InChI=1S/C29H31NO/c1-20(2)23-13-15-25(16-14-23)29-28(24-11-9-21(3)10-12-24)26(19-30(29)4)17-22-7-6-8-27(18-22)31-5/h6-16,18-20H,17H2,1-5H3. The minimum atomic E-state index is 0.530. The smallest absolute Gasteiger partial charge is 0.119 e. The fraction of sp³-hybridized carbons (Fsp3) is 0.241. The Morgan fingerprint density at radius 2 is 1.55 bits per heavy atom. The zero-order valence-corrected chi connectivity index (χ0v) is 19.1. The van der Waals surface area contributed by atoms with E-state index in [1.54, 1.807) is 7.11 Å². The molecule has 0 unspecified atom stereocenters. The first-order chi connectivity index (χ1) is 15.0. The van der Waals surface area contributed by atoms with Crippen molar-refractivity contribution in [1.82, 2.24) is 4.57 Å². The van der Waals surface area contributed by atoms with Crippen LogP contribution in [0.4, 0.5) is 0 Å². The second-order valence-corrected chi connectivity index (χ2v) is 8.66. The average Bonchev–Trinajstić information content (AvgIpc) is 3.10. The number of aryl methyl sites for hydroxylation is 2. The Morgan fingerprint density at radius 3 is 2.19 bits per heavy atom. The Labute approximate surface area is 186 Å². The van der Waals surface area contributed by atoms with E-state index < -0.39 is 0 Å². The molecule has 1 heterocycles. The van der Waals surface area contributed by atoms with Crippen LogP contribution in [0.25, 0.3) is 22.4 Å². The van der Waals surface area contributed by atoms with Gasteiger partial charge in [-0.1, -0.05) is 80.1 Å². The normalized spacial score (nSPS) is 11.2. The van der Waals surface area contributed by atoms with Crippen molar-refractivity contribution in [2.75, 3.05) is 7.11 Å². The lowest BCUT2D eigenvalue weighted by Crippen LogP contribution is -1.94. The molecule has 0 aliphatic rings. The van der Waals surface area contributed by atoms with Crippen molar-refractivity contribution in [3.05, 3.63) is 101 Å². The SMILES string of the molecule is COc1cccc(Cc2cn(C)c(-c3ccc(C(C)C)cc3)c2-c2ccc(C)cc2)c1. The molecule has 0 saturated carbocycles. The number of hydrogen-bond donors (Lipinski definition) is 0. The third kappa shape index (κ3) is 4.44. The summed E-state index contributed by atoms with van der Waals surface area (Å²) in [6.07, 6.45) is 3.14. The van der Waals surface area contributed by atoms with Crippen LogP contribution in [-0.2, 0) is 13.5 Å². The molecule has 0 fully saturated rings. The summed E-state index contributed by atoms with van der Waals surface area (Å²) in [5.74, 6) is 1.43. The second-order valence-electron chi connectivity index (χ2n) is 8.66. The van der Waals surface area contributed by atoms with Crippen molar-refractivity contribution in [2.24, 2.45) is 7.05 Å². The summed E-state index contributed by atoms with van der Waals surface area (Å²) in [4.78, 5) is 0. The molecular formula is C29H31NO. The predicted octanol–water partition coefficient (Wildman–Crippen LogP) is 7.39. The predicted molar refractivity (Wildman–Crippen MR) is 131 cm³/mol. The molecule has 4 aromatic rings. The third-order valence-electron chi connectivity index (χ3n) is 5.98. The molecule has 2 nitrogen and oxygen atoms in total. The minimum absolute atomic E-state index is 0.530. The number of benzene rings is 3. The molecule has 4 rings (SSSR count). The van der Waals surface area contributed by atoms with E-state index in [1.165, 1.54) is 44.6 Å². The van der Waals surface area contributed by atoms with Crippen molar-refractivity contribution in [2.45, 2.75) is 33.1 Å². The Bertz CT molecular complexity index is 1160. The topological polar surface area (TPSA) is 14.2 Å². The highest BCUT2D eigenvalue weighted by atomic mass is 16.5. The molecule has 0 aliphatic heterocycles. The third-order valence-corrected chi connectivity index (χ3v) is 5.98. The highest BCUT2D eigenvalue weighted by Gasteiger charge is 2.18. The minimum Gasteiger partial charge on any atom is -0.497 e. The molecular weight excluding hydrogens is 378 g/mol. The molecule has 0 N–H and O–H groups in total. The molecule has 0 atom stereocenters. The number of rotatable bonds is 6. The summed E-state index contributed by atoms with van der Waals surface area (Å²) in [5, 5.41) is 0. The maximum Gasteiger partial charge on any atom is 0.119 e. The van der Waals surface area contributed by atoms with E-state index in [1.807, 2.05) is 6.07 Å². The van der Waals surface area contributed by atoms with Gasteiger partial charge in [0.05, 0.1) is 12.8 Å². The zero-order chi connectivity index (χ0) is 22.0. The van der Waals surface area contributed by atoms with Crippen LogP contribution < -0.4 is 4.74 Å². The lowest BCUT2D eigenvalue weighted by atomic mass is 9.93. The van der Waals surface area contributed by atoms with Gasteiger partial charge in [-0.05, 0) is 59.2 Å². The molecule has 3 aromatic carbocycles. The van der Waals surface area contributed by atoms with Crippen LogP contribution in [-0.4, -0.2) is 11.7 Å². The summed E-state index contributed by atoms with van der Waals surface area (Å²) >= 11 is 0. The van der Waals surface area contributed by atoms with E-state index in [4.69, 9.17) is 4.74 Å². The fourth-order valence-corrected chi connectivity index (χ4v) is 4.24. The largest absolute Gasteiger partial charge is 0.497 e. The van der Waals surface area contributed by atoms with Crippen LogP contribution in [0.5, 0.6) is 5.75 Å². The summed E-state index contributed by atoms with van der Waals surface area (Å²) < 4.78 is 7.72. The van der Waals surface area contributed by atoms with Gasteiger partial charge >= 0.3 is 0 Å². The Morgan fingerprint density at radius 1 is 0.871 bits per heavy atom. The lowest BCUT2D eigenvalue weighted by molar-refractivity contribution is 0.414. The summed E-state index contributed by atoms with van der Waals surface area (Å²) in [5.41, 5.74) is 10.3. The van der Waals surface area contributed by atoms with Crippen LogP contribution in [0.15, 0.2) is 79.0 Å². The van der Waals surface area contributed by atoms with E-state index in [0.717, 1.165) is 12.2 Å². The van der Waals surface area contributed by atoms with Crippen LogP contribution >= 0.6 is 0 Å². The molecule has 0 aliphatic carbocycles. The molecule has 31 heavy (non-hydrogen) atoms. The van der Waals surface area contributed by atoms with E-state index >= 15 is 0 Å². The van der Waals surface area contributed by atoms with Gasteiger partial charge in [0.15, 0.2) is 0 Å². The zero-order valence-electron chi connectivity index (χ0n) is 19.1. The van der Waals surface area contributed by atoms with Gasteiger partial charge in [0, 0.05) is 18.8 Å². The van der Waals surface area contributed by atoms with Crippen molar-refractivity contribution in [3.63, 3.8) is 0 Å². The molecule has 0 amide bonds. The summed E-state index contributed by atoms with van der Waals surface area (Å²) in [6.45, 7) is 6.61. The Hall–Kier alpha value is -3.26. The average molecular weight is 410 g/mol. The number of ether oxygens (including phenoxy) is 1. The first kappa shape index (κ1) is 21.0. The van der Waals surface area contributed by atoms with Crippen molar-refractivity contribution in [1.29, 1.82) is 0 Å². The summed E-state index contributed by atoms with van der Waals surface area (Å²) in [7, 11) is 3.87. The van der Waals surface area contributed by atoms with Gasteiger partial charge in [0.25, 0.3) is 0 Å². The van der Waals surface area contributed by atoms with Gasteiger partial charge in [-0.15, -0.1) is 0 Å². The highest BCUT2D eigenvalue weighted by molar-refractivity contribution is 5.85. The molecule has 0 saturated heterocycles. The maximum atomic E-state index is 5.44. The quantitative estimate of drug-likeness (QED) is 0.324. The van der Waals surface area contributed by atoms with Gasteiger partial charge in [0.1, 0.15) is 5.75 Å². The number of hydrogen-bond acceptors (Lipinski definition) is 1. The maximum absolute atomic E-state index is 5.44. The summed E-state index contributed by atoms with van der Waals surface area (Å²) in [6, 6.07) is 26.3. The molecule has 0 radical (unpaired) electrons. The lowest BCUT2D eigenvalue weighted by Gasteiger charge is -2.12.